The van der Waals surface area contributed by atoms with Crippen molar-refractivity contribution in [3.05, 3.63) is 59.7 Å². The minimum atomic E-state index is -4.79. The SMILES string of the molecule is COC(=O)[C@H]1[C@@H](NCc2cc(OC(F)(F)F)ccc2OC)[C@H](c2ccccc2)N[C@H]1C. The molecule has 168 valence electrons. The maximum atomic E-state index is 12.6. The van der Waals surface area contributed by atoms with Crippen LogP contribution in [0.15, 0.2) is 48.5 Å². The summed E-state index contributed by atoms with van der Waals surface area (Å²) >= 11 is 0. The van der Waals surface area contributed by atoms with E-state index in [9.17, 15) is 18.0 Å². The van der Waals surface area contributed by atoms with Crippen LogP contribution < -0.4 is 20.1 Å². The molecule has 0 radical (unpaired) electrons. The first-order valence-electron chi connectivity index (χ1n) is 9.78. The van der Waals surface area contributed by atoms with Gasteiger partial charge in [-0.1, -0.05) is 30.3 Å². The maximum absolute atomic E-state index is 12.6. The zero-order chi connectivity index (χ0) is 22.6. The smallest absolute Gasteiger partial charge is 0.496 e. The van der Waals surface area contributed by atoms with Gasteiger partial charge in [-0.3, -0.25) is 4.79 Å². The van der Waals surface area contributed by atoms with Crippen molar-refractivity contribution in [2.45, 2.75) is 38.0 Å². The van der Waals surface area contributed by atoms with Crippen molar-refractivity contribution in [1.29, 1.82) is 0 Å². The Kier molecular flexibility index (Phi) is 7.07. The van der Waals surface area contributed by atoms with Gasteiger partial charge in [0.15, 0.2) is 0 Å². The molecule has 2 N–H and O–H groups in total. The minimum absolute atomic E-state index is 0.161. The molecule has 1 fully saturated rings. The first-order chi connectivity index (χ1) is 14.7. The highest BCUT2D eigenvalue weighted by atomic mass is 19.4. The minimum Gasteiger partial charge on any atom is -0.496 e. The van der Waals surface area contributed by atoms with E-state index in [2.05, 4.69) is 15.4 Å². The molecule has 4 atom stereocenters. The van der Waals surface area contributed by atoms with Crippen LogP contribution in [0.1, 0.15) is 24.1 Å². The Balaban J connectivity index is 1.87. The van der Waals surface area contributed by atoms with Gasteiger partial charge in [0, 0.05) is 30.2 Å². The van der Waals surface area contributed by atoms with Gasteiger partial charge in [-0.2, -0.15) is 0 Å². The number of methoxy groups -OCH3 is 2. The topological polar surface area (TPSA) is 68.8 Å². The van der Waals surface area contributed by atoms with Gasteiger partial charge < -0.3 is 24.8 Å². The normalized spacial score (nSPS) is 23.4. The van der Waals surface area contributed by atoms with Crippen molar-refractivity contribution in [2.24, 2.45) is 5.92 Å². The largest absolute Gasteiger partial charge is 0.573 e. The standard InChI is InChI=1S/C22H25F3N2O4/c1-13-18(21(28)30-3)20(19(27-13)14-7-5-4-6-8-14)26-12-15-11-16(31-22(23,24)25)9-10-17(15)29-2/h4-11,13,18-20,26-27H,12H2,1-3H3/t13-,18+,19-,20+/m0/s1. The molecule has 9 heteroatoms. The molecule has 1 saturated heterocycles. The zero-order valence-electron chi connectivity index (χ0n) is 17.4. The lowest BCUT2D eigenvalue weighted by atomic mass is 9.91. The van der Waals surface area contributed by atoms with E-state index >= 15 is 0 Å². The average molecular weight is 438 g/mol. The van der Waals surface area contributed by atoms with Crippen LogP contribution in [0.25, 0.3) is 0 Å². The Bertz CT molecular complexity index is 892. The highest BCUT2D eigenvalue weighted by molar-refractivity contribution is 5.75. The summed E-state index contributed by atoms with van der Waals surface area (Å²) in [6, 6.07) is 12.8. The van der Waals surface area contributed by atoms with Gasteiger partial charge in [-0.05, 0) is 30.7 Å². The second kappa shape index (κ2) is 9.57. The van der Waals surface area contributed by atoms with Crippen molar-refractivity contribution in [3.8, 4) is 11.5 Å². The van der Waals surface area contributed by atoms with Crippen LogP contribution in [0.5, 0.6) is 11.5 Å². The van der Waals surface area contributed by atoms with Gasteiger partial charge in [-0.15, -0.1) is 13.2 Å². The third-order valence-electron chi connectivity index (χ3n) is 5.37. The van der Waals surface area contributed by atoms with E-state index < -0.39 is 12.3 Å². The van der Waals surface area contributed by atoms with Crippen LogP contribution in [-0.4, -0.2) is 38.6 Å². The second-order valence-corrected chi connectivity index (χ2v) is 7.32. The van der Waals surface area contributed by atoms with E-state index in [0.717, 1.165) is 5.56 Å². The molecule has 1 aliphatic heterocycles. The molecule has 0 bridgehead atoms. The Hall–Kier alpha value is -2.78. The van der Waals surface area contributed by atoms with Crippen molar-refractivity contribution in [3.63, 3.8) is 0 Å². The molecular formula is C22H25F3N2O4. The predicted octanol–water partition coefficient (Wildman–Crippen LogP) is 3.57. The van der Waals surface area contributed by atoms with Crippen LogP contribution in [0.2, 0.25) is 0 Å². The number of esters is 1. The molecule has 0 spiro atoms. The van der Waals surface area contributed by atoms with Crippen LogP contribution >= 0.6 is 0 Å². The van der Waals surface area contributed by atoms with Gasteiger partial charge in [0.05, 0.1) is 20.1 Å². The van der Waals surface area contributed by atoms with Crippen LogP contribution in [0.3, 0.4) is 0 Å². The number of hydrogen-bond acceptors (Lipinski definition) is 6. The van der Waals surface area contributed by atoms with Gasteiger partial charge in [0.2, 0.25) is 0 Å². The highest BCUT2D eigenvalue weighted by Crippen LogP contribution is 2.34. The summed E-state index contributed by atoms with van der Waals surface area (Å²) in [5.74, 6) is -0.785. The summed E-state index contributed by atoms with van der Waals surface area (Å²) in [6.07, 6.45) is -4.79. The third-order valence-corrected chi connectivity index (χ3v) is 5.37. The number of alkyl halides is 3. The van der Waals surface area contributed by atoms with E-state index in [-0.39, 0.29) is 36.4 Å². The third kappa shape index (κ3) is 5.48. The molecule has 2 aromatic rings. The van der Waals surface area contributed by atoms with E-state index in [0.29, 0.717) is 11.3 Å². The lowest BCUT2D eigenvalue weighted by Crippen LogP contribution is -2.42. The summed E-state index contributed by atoms with van der Waals surface area (Å²) in [5, 5.41) is 6.75. The highest BCUT2D eigenvalue weighted by Gasteiger charge is 2.46. The number of benzene rings is 2. The summed E-state index contributed by atoms with van der Waals surface area (Å²) in [5.41, 5.74) is 1.46. The van der Waals surface area contributed by atoms with Crippen molar-refractivity contribution >= 4 is 5.97 Å². The molecule has 0 aliphatic carbocycles. The summed E-state index contributed by atoms with van der Waals surface area (Å²) in [6.45, 7) is 2.06. The first-order valence-corrected chi connectivity index (χ1v) is 9.78. The lowest BCUT2D eigenvalue weighted by molar-refractivity contribution is -0.274. The number of halogens is 3. The number of carbonyl (C=O) groups is 1. The lowest BCUT2D eigenvalue weighted by Gasteiger charge is -2.25. The van der Waals surface area contributed by atoms with Crippen molar-refractivity contribution in [1.82, 2.24) is 10.6 Å². The monoisotopic (exact) mass is 438 g/mol. The number of rotatable bonds is 7. The molecule has 0 saturated carbocycles. The van der Waals surface area contributed by atoms with E-state index in [1.807, 2.05) is 37.3 Å². The summed E-state index contributed by atoms with van der Waals surface area (Å²) < 4.78 is 52.2. The van der Waals surface area contributed by atoms with E-state index in [1.54, 1.807) is 0 Å². The molecule has 2 aromatic carbocycles. The molecule has 1 aliphatic rings. The maximum Gasteiger partial charge on any atom is 0.573 e. The number of nitrogens with one attached hydrogen (secondary N) is 2. The van der Waals surface area contributed by atoms with Crippen LogP contribution in [-0.2, 0) is 16.1 Å². The zero-order valence-corrected chi connectivity index (χ0v) is 17.4. The molecule has 0 aromatic heterocycles. The van der Waals surface area contributed by atoms with Gasteiger partial charge >= 0.3 is 12.3 Å². The number of ether oxygens (including phenoxy) is 3. The van der Waals surface area contributed by atoms with Gasteiger partial charge in [-0.25, -0.2) is 0 Å². The number of hydrogen-bond donors (Lipinski definition) is 2. The summed E-state index contributed by atoms with van der Waals surface area (Å²) in [4.78, 5) is 12.5. The number of carbonyl (C=O) groups excluding carboxylic acids is 1. The van der Waals surface area contributed by atoms with Crippen LogP contribution in [0, 0.1) is 5.92 Å². The Morgan fingerprint density at radius 3 is 2.45 bits per heavy atom. The molecule has 1 heterocycles. The Labute approximate surface area is 178 Å². The molecule has 0 unspecified atom stereocenters. The van der Waals surface area contributed by atoms with Crippen LogP contribution in [0.4, 0.5) is 13.2 Å². The fourth-order valence-electron chi connectivity index (χ4n) is 4.02. The first kappa shape index (κ1) is 22.9. The second-order valence-electron chi connectivity index (χ2n) is 7.32. The summed E-state index contributed by atoms with van der Waals surface area (Å²) in [7, 11) is 2.77. The molecule has 3 rings (SSSR count). The molecular weight excluding hydrogens is 413 g/mol. The van der Waals surface area contributed by atoms with Gasteiger partial charge in [0.25, 0.3) is 0 Å². The van der Waals surface area contributed by atoms with Gasteiger partial charge in [0.1, 0.15) is 11.5 Å². The molecule has 0 amide bonds. The fraction of sp³-hybridized carbons (Fsp3) is 0.409. The van der Waals surface area contributed by atoms with E-state index in [4.69, 9.17) is 9.47 Å². The van der Waals surface area contributed by atoms with Crippen molar-refractivity contribution in [2.75, 3.05) is 14.2 Å². The molecule has 31 heavy (non-hydrogen) atoms. The molecule has 6 nitrogen and oxygen atoms in total. The quantitative estimate of drug-likeness (QED) is 0.645. The fourth-order valence-corrected chi connectivity index (χ4v) is 4.02. The Morgan fingerprint density at radius 2 is 1.84 bits per heavy atom. The average Bonchev–Trinajstić information content (AvgIpc) is 3.07. The predicted molar refractivity (Wildman–Crippen MR) is 108 cm³/mol. The van der Waals surface area contributed by atoms with E-state index in [1.165, 1.54) is 32.4 Å². The van der Waals surface area contributed by atoms with Crippen molar-refractivity contribution < 1.29 is 32.2 Å². The Morgan fingerprint density at radius 1 is 1.13 bits per heavy atom.